The molecule has 0 aliphatic carbocycles. The molecule has 6 nitrogen and oxygen atoms in total. The van der Waals surface area contributed by atoms with Crippen LogP contribution >= 0.6 is 27.5 Å². The largest absolute Gasteiger partial charge is 0.476 e. The zero-order chi connectivity index (χ0) is 25.2. The van der Waals surface area contributed by atoms with E-state index in [0.29, 0.717) is 15.6 Å². The van der Waals surface area contributed by atoms with Crippen molar-refractivity contribution in [1.82, 2.24) is 9.66 Å². The minimum absolute atomic E-state index is 0.0600. The lowest BCUT2D eigenvalue weighted by atomic mass is 10.1. The average molecular weight is 562 g/mol. The summed E-state index contributed by atoms with van der Waals surface area (Å²) in [7, 11) is 0. The van der Waals surface area contributed by atoms with Crippen molar-refractivity contribution >= 4 is 44.6 Å². The van der Waals surface area contributed by atoms with Crippen LogP contribution in [-0.2, 0) is 6.18 Å². The third-order valence-electron chi connectivity index (χ3n) is 4.83. The number of hydrogen-bond donors (Lipinski definition) is 0. The van der Waals surface area contributed by atoms with E-state index < -0.39 is 17.3 Å². The van der Waals surface area contributed by atoms with E-state index in [1.165, 1.54) is 24.4 Å². The predicted molar refractivity (Wildman–Crippen MR) is 130 cm³/mol. The molecule has 0 aliphatic rings. The number of para-hydroxylation sites is 1. The molecule has 4 aromatic rings. The molecule has 0 atom stereocenters. The molecule has 35 heavy (non-hydrogen) atoms. The molecule has 0 amide bonds. The maximum atomic E-state index is 13.3. The summed E-state index contributed by atoms with van der Waals surface area (Å²) in [4.78, 5) is 17.7. The summed E-state index contributed by atoms with van der Waals surface area (Å²) < 4.78 is 46.6. The van der Waals surface area contributed by atoms with Crippen molar-refractivity contribution in [3.05, 3.63) is 91.6 Å². The average Bonchev–Trinajstić information content (AvgIpc) is 2.82. The molecule has 11 heteroatoms. The number of rotatable bonds is 5. The molecule has 0 saturated heterocycles. The smallest absolute Gasteiger partial charge is 0.416 e. The first-order valence-corrected chi connectivity index (χ1v) is 11.1. The monoisotopic (exact) mass is 560 g/mol. The highest BCUT2D eigenvalue weighted by Crippen LogP contribution is 2.34. The van der Waals surface area contributed by atoms with E-state index in [9.17, 15) is 18.0 Å². The minimum atomic E-state index is -4.57. The Hall–Kier alpha value is -3.68. The van der Waals surface area contributed by atoms with Crippen LogP contribution in [0.3, 0.4) is 0 Å². The van der Waals surface area contributed by atoms with Crippen LogP contribution in [0.1, 0.15) is 11.1 Å². The van der Waals surface area contributed by atoms with Crippen LogP contribution in [0.5, 0.6) is 5.75 Å². The second-order valence-corrected chi connectivity index (χ2v) is 8.41. The van der Waals surface area contributed by atoms with Gasteiger partial charge in [-0.3, -0.25) is 4.79 Å². The van der Waals surface area contributed by atoms with Crippen LogP contribution in [0.15, 0.2) is 75.0 Å². The molecule has 0 spiro atoms. The summed E-state index contributed by atoms with van der Waals surface area (Å²) in [5.74, 6) is 0.203. The Bertz CT molecular complexity index is 1540. The lowest BCUT2D eigenvalue weighted by Gasteiger charge is -2.12. The van der Waals surface area contributed by atoms with Crippen LogP contribution in [0.25, 0.3) is 22.3 Å². The van der Waals surface area contributed by atoms with Gasteiger partial charge in [-0.1, -0.05) is 35.9 Å². The van der Waals surface area contributed by atoms with E-state index in [4.69, 9.17) is 21.6 Å². The molecule has 0 fully saturated rings. The van der Waals surface area contributed by atoms with E-state index in [1.807, 2.05) is 6.07 Å². The Morgan fingerprint density at radius 3 is 2.66 bits per heavy atom. The molecule has 0 saturated carbocycles. The van der Waals surface area contributed by atoms with E-state index in [1.54, 1.807) is 30.3 Å². The lowest BCUT2D eigenvalue weighted by Crippen LogP contribution is -2.20. The standard InChI is InChI=1S/C24H13BrClF3N4O2/c25-18-10-14(11-19(26)21(18)35-9-8-30)13-31-33-22(15-4-3-5-16(12-15)24(27,28)29)32-20-7-2-1-6-17(20)23(33)34/h1-7,10-13H,9H2. The molecule has 0 radical (unpaired) electrons. The van der Waals surface area contributed by atoms with Crippen molar-refractivity contribution in [1.29, 1.82) is 5.26 Å². The van der Waals surface area contributed by atoms with Crippen molar-refractivity contribution in [2.24, 2.45) is 5.10 Å². The molecule has 4 rings (SSSR count). The zero-order valence-electron chi connectivity index (χ0n) is 17.6. The van der Waals surface area contributed by atoms with Gasteiger partial charge in [0.1, 0.15) is 6.07 Å². The number of benzene rings is 3. The van der Waals surface area contributed by atoms with E-state index >= 15 is 0 Å². The number of ether oxygens (including phenoxy) is 1. The van der Waals surface area contributed by atoms with Crippen molar-refractivity contribution in [3.63, 3.8) is 0 Å². The van der Waals surface area contributed by atoms with E-state index in [2.05, 4.69) is 26.0 Å². The molecule has 1 aromatic heterocycles. The van der Waals surface area contributed by atoms with Gasteiger partial charge in [0.25, 0.3) is 5.56 Å². The molecule has 0 aliphatic heterocycles. The van der Waals surface area contributed by atoms with Crippen LogP contribution in [-0.4, -0.2) is 22.5 Å². The number of alkyl halides is 3. The predicted octanol–water partition coefficient (Wildman–Crippen LogP) is 6.28. The highest BCUT2D eigenvalue weighted by molar-refractivity contribution is 9.10. The van der Waals surface area contributed by atoms with Gasteiger partial charge in [-0.05, 0) is 57.9 Å². The summed E-state index contributed by atoms with van der Waals surface area (Å²) in [6, 6.07) is 15.9. The van der Waals surface area contributed by atoms with Gasteiger partial charge in [-0.2, -0.15) is 28.2 Å². The van der Waals surface area contributed by atoms with Gasteiger partial charge >= 0.3 is 6.18 Å². The first kappa shape index (κ1) is 24.4. The van der Waals surface area contributed by atoms with Gasteiger partial charge in [0.05, 0.1) is 32.2 Å². The first-order valence-electron chi connectivity index (χ1n) is 9.91. The van der Waals surface area contributed by atoms with Crippen LogP contribution < -0.4 is 10.3 Å². The van der Waals surface area contributed by atoms with Gasteiger partial charge in [0, 0.05) is 5.56 Å². The molecular formula is C24H13BrClF3N4O2. The fraction of sp³-hybridized carbons (Fsp3) is 0.0833. The number of halogens is 5. The summed E-state index contributed by atoms with van der Waals surface area (Å²) in [5, 5.41) is 13.4. The summed E-state index contributed by atoms with van der Waals surface area (Å²) in [6.07, 6.45) is -3.25. The summed E-state index contributed by atoms with van der Waals surface area (Å²) in [5.41, 5.74) is -0.586. The molecule has 1 heterocycles. The molecular weight excluding hydrogens is 549 g/mol. The molecule has 176 valence electrons. The van der Waals surface area contributed by atoms with Crippen molar-refractivity contribution in [2.45, 2.75) is 6.18 Å². The second kappa shape index (κ2) is 9.90. The number of nitrogens with zero attached hydrogens (tertiary/aromatic N) is 4. The van der Waals surface area contributed by atoms with Crippen LogP contribution in [0.2, 0.25) is 5.02 Å². The minimum Gasteiger partial charge on any atom is -0.476 e. The fourth-order valence-electron chi connectivity index (χ4n) is 3.27. The van der Waals surface area contributed by atoms with Gasteiger partial charge in [-0.25, -0.2) is 4.98 Å². The zero-order valence-corrected chi connectivity index (χ0v) is 19.9. The Balaban J connectivity index is 1.87. The lowest BCUT2D eigenvalue weighted by molar-refractivity contribution is -0.137. The highest BCUT2D eigenvalue weighted by Gasteiger charge is 2.31. The maximum absolute atomic E-state index is 13.3. The van der Waals surface area contributed by atoms with Gasteiger partial charge < -0.3 is 4.74 Å². The third kappa shape index (κ3) is 5.21. The number of hydrogen-bond acceptors (Lipinski definition) is 5. The normalized spacial score (nSPS) is 11.7. The summed E-state index contributed by atoms with van der Waals surface area (Å²) in [6.45, 7) is -0.204. The van der Waals surface area contributed by atoms with Crippen LogP contribution in [0, 0.1) is 11.3 Å². The molecule has 0 unspecified atom stereocenters. The topological polar surface area (TPSA) is 80.3 Å². The fourth-order valence-corrected chi connectivity index (χ4v) is 4.26. The molecule has 3 aromatic carbocycles. The van der Waals surface area contributed by atoms with Gasteiger partial charge in [0.2, 0.25) is 0 Å². The van der Waals surface area contributed by atoms with Gasteiger partial charge in [-0.15, -0.1) is 0 Å². The highest BCUT2D eigenvalue weighted by atomic mass is 79.9. The Kier molecular flexibility index (Phi) is 6.91. The Morgan fingerprint density at radius 1 is 1.17 bits per heavy atom. The summed E-state index contributed by atoms with van der Waals surface area (Å²) >= 11 is 9.55. The van der Waals surface area contributed by atoms with Gasteiger partial charge in [0.15, 0.2) is 18.2 Å². The number of fused-ring (bicyclic) bond motifs is 1. The SMILES string of the molecule is N#CCOc1c(Cl)cc(C=Nn2c(-c3cccc(C(F)(F)F)c3)nc3ccccc3c2=O)cc1Br. The quantitative estimate of drug-likeness (QED) is 0.269. The molecule has 0 N–H and O–H groups in total. The van der Waals surface area contributed by atoms with E-state index in [-0.39, 0.29) is 34.2 Å². The number of aromatic nitrogens is 2. The third-order valence-corrected chi connectivity index (χ3v) is 5.70. The Labute approximate surface area is 210 Å². The van der Waals surface area contributed by atoms with E-state index in [0.717, 1.165) is 16.8 Å². The molecule has 0 bridgehead atoms. The Morgan fingerprint density at radius 2 is 1.94 bits per heavy atom. The van der Waals surface area contributed by atoms with Crippen LogP contribution in [0.4, 0.5) is 13.2 Å². The second-order valence-electron chi connectivity index (χ2n) is 7.15. The maximum Gasteiger partial charge on any atom is 0.416 e. The number of nitriles is 1. The first-order chi connectivity index (χ1) is 16.7. The van der Waals surface area contributed by atoms with Crippen molar-refractivity contribution < 1.29 is 17.9 Å². The van der Waals surface area contributed by atoms with Crippen molar-refractivity contribution in [3.8, 4) is 23.2 Å². The van der Waals surface area contributed by atoms with Crippen molar-refractivity contribution in [2.75, 3.05) is 6.61 Å².